The molecule has 0 fully saturated rings. The average Bonchev–Trinajstić information content (AvgIpc) is 3.04. The van der Waals surface area contributed by atoms with E-state index in [4.69, 9.17) is 0 Å². The molecule has 2 aromatic carbocycles. The van der Waals surface area contributed by atoms with E-state index in [-0.39, 0.29) is 5.91 Å². The number of nitrogens with one attached hydrogen (secondary N) is 2. The maximum absolute atomic E-state index is 12.4. The molecule has 0 saturated carbocycles. The van der Waals surface area contributed by atoms with Crippen LogP contribution >= 0.6 is 0 Å². The van der Waals surface area contributed by atoms with Crippen LogP contribution in [0.1, 0.15) is 40.2 Å². The van der Waals surface area contributed by atoms with Crippen LogP contribution in [0, 0.1) is 0 Å². The molecular formula is C20H21N3O. The number of imidazole rings is 1. The zero-order valence-electron chi connectivity index (χ0n) is 13.6. The number of H-pyrrole nitrogens is 1. The molecule has 0 atom stereocenters. The van der Waals surface area contributed by atoms with Crippen molar-refractivity contribution in [1.29, 1.82) is 0 Å². The number of para-hydroxylation sites is 2. The summed E-state index contributed by atoms with van der Waals surface area (Å²) in [7, 11) is 0. The Labute approximate surface area is 141 Å². The second kappa shape index (κ2) is 6.48. The lowest BCUT2D eigenvalue weighted by molar-refractivity contribution is 0.0954. The van der Waals surface area contributed by atoms with Gasteiger partial charge in [0.2, 0.25) is 0 Å². The monoisotopic (exact) mass is 319 g/mol. The Morgan fingerprint density at radius 3 is 2.79 bits per heavy atom. The van der Waals surface area contributed by atoms with E-state index in [1.165, 1.54) is 24.0 Å². The van der Waals surface area contributed by atoms with Gasteiger partial charge in [0, 0.05) is 18.5 Å². The third-order valence-electron chi connectivity index (χ3n) is 4.70. The smallest absolute Gasteiger partial charge is 0.251 e. The minimum atomic E-state index is -0.000477. The van der Waals surface area contributed by atoms with E-state index in [0.29, 0.717) is 13.0 Å². The summed E-state index contributed by atoms with van der Waals surface area (Å²) in [5, 5.41) is 3.00. The number of aromatic amines is 1. The molecule has 1 aliphatic carbocycles. The normalized spacial score (nSPS) is 13.7. The Balaban J connectivity index is 1.38. The maximum atomic E-state index is 12.4. The molecule has 0 spiro atoms. The lowest BCUT2D eigenvalue weighted by atomic mass is 9.90. The summed E-state index contributed by atoms with van der Waals surface area (Å²) in [4.78, 5) is 20.2. The van der Waals surface area contributed by atoms with Crippen molar-refractivity contribution >= 4 is 16.9 Å². The van der Waals surface area contributed by atoms with Gasteiger partial charge in [0.25, 0.3) is 5.91 Å². The summed E-state index contributed by atoms with van der Waals surface area (Å²) in [6.45, 7) is 0.579. The Morgan fingerprint density at radius 1 is 1.08 bits per heavy atom. The molecule has 1 heterocycles. The first kappa shape index (κ1) is 14.9. The molecule has 1 aromatic heterocycles. The van der Waals surface area contributed by atoms with Crippen LogP contribution in [0.5, 0.6) is 0 Å². The average molecular weight is 319 g/mol. The van der Waals surface area contributed by atoms with Crippen LogP contribution in [-0.2, 0) is 19.3 Å². The van der Waals surface area contributed by atoms with Crippen LogP contribution in [-0.4, -0.2) is 22.4 Å². The van der Waals surface area contributed by atoms with E-state index < -0.39 is 0 Å². The summed E-state index contributed by atoms with van der Waals surface area (Å²) in [5.41, 5.74) is 5.51. The van der Waals surface area contributed by atoms with Gasteiger partial charge in [-0.1, -0.05) is 18.2 Å². The standard InChI is InChI=1S/C20H21N3O/c24-20(16-10-9-14-5-1-2-6-15(14)13-16)21-12-11-19-22-17-7-3-4-8-18(17)23-19/h3-4,7-10,13H,1-2,5-6,11-12H2,(H,21,24)(H,22,23). The van der Waals surface area contributed by atoms with Crippen LogP contribution < -0.4 is 5.32 Å². The zero-order chi connectivity index (χ0) is 16.4. The number of carbonyl (C=O) groups is 1. The van der Waals surface area contributed by atoms with E-state index in [0.717, 1.165) is 35.3 Å². The minimum absolute atomic E-state index is 0.000477. The van der Waals surface area contributed by atoms with Crippen LogP contribution in [0.15, 0.2) is 42.5 Å². The van der Waals surface area contributed by atoms with Crippen LogP contribution in [0.2, 0.25) is 0 Å². The van der Waals surface area contributed by atoms with Gasteiger partial charge in [0.15, 0.2) is 0 Å². The first-order valence-electron chi connectivity index (χ1n) is 8.63. The van der Waals surface area contributed by atoms with E-state index in [1.54, 1.807) is 0 Å². The van der Waals surface area contributed by atoms with Crippen molar-refractivity contribution in [1.82, 2.24) is 15.3 Å². The van der Waals surface area contributed by atoms with Crippen molar-refractivity contribution in [2.45, 2.75) is 32.1 Å². The molecule has 4 rings (SSSR count). The molecule has 0 aliphatic heterocycles. The number of fused-ring (bicyclic) bond motifs is 2. The van der Waals surface area contributed by atoms with E-state index >= 15 is 0 Å². The predicted molar refractivity (Wildman–Crippen MR) is 95.2 cm³/mol. The topological polar surface area (TPSA) is 57.8 Å². The molecule has 0 radical (unpaired) electrons. The highest BCUT2D eigenvalue weighted by Crippen LogP contribution is 2.22. The number of rotatable bonds is 4. The number of aryl methyl sites for hydroxylation is 2. The Bertz CT molecular complexity index is 848. The van der Waals surface area contributed by atoms with E-state index in [9.17, 15) is 4.79 Å². The van der Waals surface area contributed by atoms with Gasteiger partial charge in [-0.25, -0.2) is 4.98 Å². The van der Waals surface area contributed by atoms with Crippen molar-refractivity contribution in [2.75, 3.05) is 6.54 Å². The van der Waals surface area contributed by atoms with Crippen LogP contribution in [0.3, 0.4) is 0 Å². The summed E-state index contributed by atoms with van der Waals surface area (Å²) in [6.07, 6.45) is 5.42. The van der Waals surface area contributed by atoms with Crippen molar-refractivity contribution in [3.8, 4) is 0 Å². The third-order valence-corrected chi connectivity index (χ3v) is 4.70. The Morgan fingerprint density at radius 2 is 1.92 bits per heavy atom. The minimum Gasteiger partial charge on any atom is -0.352 e. The van der Waals surface area contributed by atoms with Crippen LogP contribution in [0.25, 0.3) is 11.0 Å². The first-order chi connectivity index (χ1) is 11.8. The molecule has 122 valence electrons. The van der Waals surface area contributed by atoms with Crippen molar-refractivity contribution in [3.63, 3.8) is 0 Å². The summed E-state index contributed by atoms with van der Waals surface area (Å²) in [5.74, 6) is 0.904. The lowest BCUT2D eigenvalue weighted by Crippen LogP contribution is -2.26. The molecule has 0 unspecified atom stereocenters. The van der Waals surface area contributed by atoms with Gasteiger partial charge in [0.1, 0.15) is 5.82 Å². The van der Waals surface area contributed by atoms with E-state index in [1.807, 2.05) is 30.3 Å². The quantitative estimate of drug-likeness (QED) is 0.774. The van der Waals surface area contributed by atoms with E-state index in [2.05, 4.69) is 27.4 Å². The predicted octanol–water partition coefficient (Wildman–Crippen LogP) is 3.41. The fourth-order valence-electron chi connectivity index (χ4n) is 3.40. The van der Waals surface area contributed by atoms with Crippen molar-refractivity contribution in [3.05, 3.63) is 65.0 Å². The highest BCUT2D eigenvalue weighted by molar-refractivity contribution is 5.94. The molecule has 4 heteroatoms. The van der Waals surface area contributed by atoms with Gasteiger partial charge in [0.05, 0.1) is 11.0 Å². The molecule has 24 heavy (non-hydrogen) atoms. The zero-order valence-corrected chi connectivity index (χ0v) is 13.6. The highest BCUT2D eigenvalue weighted by Gasteiger charge is 2.12. The summed E-state index contributed by atoms with van der Waals surface area (Å²) >= 11 is 0. The van der Waals surface area contributed by atoms with Gasteiger partial charge in [-0.15, -0.1) is 0 Å². The van der Waals surface area contributed by atoms with Gasteiger partial charge >= 0.3 is 0 Å². The fraction of sp³-hybridized carbons (Fsp3) is 0.300. The Kier molecular flexibility index (Phi) is 4.03. The lowest BCUT2D eigenvalue weighted by Gasteiger charge is -2.16. The molecule has 0 saturated heterocycles. The first-order valence-corrected chi connectivity index (χ1v) is 8.63. The molecular weight excluding hydrogens is 298 g/mol. The highest BCUT2D eigenvalue weighted by atomic mass is 16.1. The second-order valence-corrected chi connectivity index (χ2v) is 6.40. The number of hydrogen-bond donors (Lipinski definition) is 2. The Hall–Kier alpha value is -2.62. The van der Waals surface area contributed by atoms with Gasteiger partial charge in [-0.2, -0.15) is 0 Å². The largest absolute Gasteiger partial charge is 0.352 e. The number of aromatic nitrogens is 2. The number of carbonyl (C=O) groups excluding carboxylic acids is 1. The SMILES string of the molecule is O=C(NCCc1nc2ccccc2[nH]1)c1ccc2c(c1)CCCC2. The molecule has 3 aromatic rings. The molecule has 4 nitrogen and oxygen atoms in total. The summed E-state index contributed by atoms with van der Waals surface area (Å²) in [6, 6.07) is 14.1. The summed E-state index contributed by atoms with van der Waals surface area (Å²) < 4.78 is 0. The molecule has 2 N–H and O–H groups in total. The van der Waals surface area contributed by atoms with Crippen LogP contribution in [0.4, 0.5) is 0 Å². The fourth-order valence-corrected chi connectivity index (χ4v) is 3.40. The maximum Gasteiger partial charge on any atom is 0.251 e. The molecule has 1 amide bonds. The van der Waals surface area contributed by atoms with Gasteiger partial charge < -0.3 is 10.3 Å². The molecule has 0 bridgehead atoms. The number of benzene rings is 2. The van der Waals surface area contributed by atoms with Gasteiger partial charge in [-0.3, -0.25) is 4.79 Å². The number of hydrogen-bond acceptors (Lipinski definition) is 2. The van der Waals surface area contributed by atoms with Gasteiger partial charge in [-0.05, 0) is 61.1 Å². The third kappa shape index (κ3) is 3.04. The number of amides is 1. The van der Waals surface area contributed by atoms with Crippen molar-refractivity contribution < 1.29 is 4.79 Å². The van der Waals surface area contributed by atoms with Crippen molar-refractivity contribution in [2.24, 2.45) is 0 Å². The second-order valence-electron chi connectivity index (χ2n) is 6.40. The molecule has 1 aliphatic rings. The number of nitrogens with zero attached hydrogens (tertiary/aromatic N) is 1.